The summed E-state index contributed by atoms with van der Waals surface area (Å²) in [6.45, 7) is 3.07. The second-order valence-corrected chi connectivity index (χ2v) is 11.5. The van der Waals surface area contributed by atoms with E-state index in [0.29, 0.717) is 34.7 Å². The van der Waals surface area contributed by atoms with Crippen molar-refractivity contribution in [2.24, 2.45) is 0 Å². The molecule has 0 unspecified atom stereocenters. The predicted octanol–water partition coefficient (Wildman–Crippen LogP) is 3.81. The first-order valence-corrected chi connectivity index (χ1v) is 13.4. The number of carboxylic acid groups (broad SMARTS) is 1. The second-order valence-electron chi connectivity index (χ2n) is 9.23. The molecule has 1 saturated heterocycles. The molecule has 5 rings (SSSR count). The van der Waals surface area contributed by atoms with Gasteiger partial charge < -0.3 is 19.3 Å². The van der Waals surface area contributed by atoms with Crippen LogP contribution in [0.25, 0.3) is 10.2 Å². The number of carboxylic acids is 1. The quantitative estimate of drug-likeness (QED) is 0.432. The minimum Gasteiger partial charge on any atom is -0.496 e. The number of benzene rings is 1. The van der Waals surface area contributed by atoms with E-state index in [0.717, 1.165) is 26.8 Å². The number of nitrogens with zero attached hydrogens (tertiary/aromatic N) is 2. The zero-order chi connectivity index (χ0) is 25.6. The first-order chi connectivity index (χ1) is 17.3. The molecular weight excluding hydrogens is 552 g/mol. The lowest BCUT2D eigenvalue weighted by atomic mass is 10.1. The van der Waals surface area contributed by atoms with Crippen LogP contribution in [0.5, 0.6) is 5.75 Å². The molecule has 2 aromatic heterocycles. The number of rotatable bonds is 8. The largest absolute Gasteiger partial charge is 0.496 e. The van der Waals surface area contributed by atoms with Gasteiger partial charge >= 0.3 is 11.7 Å². The summed E-state index contributed by atoms with van der Waals surface area (Å²) in [5.41, 5.74) is -1.26. The number of hydrogen-bond donors (Lipinski definition) is 1. The fraction of sp³-hybridized carbons (Fsp3) is 0.480. The van der Waals surface area contributed by atoms with Crippen LogP contribution in [0.1, 0.15) is 42.9 Å². The molecule has 11 heteroatoms. The Kier molecular flexibility index (Phi) is 6.84. The summed E-state index contributed by atoms with van der Waals surface area (Å²) < 4.78 is 20.8. The summed E-state index contributed by atoms with van der Waals surface area (Å²) in [6.07, 6.45) is 1.28. The van der Waals surface area contributed by atoms with Gasteiger partial charge in [-0.05, 0) is 60.2 Å². The van der Waals surface area contributed by atoms with E-state index >= 15 is 0 Å². The molecule has 36 heavy (non-hydrogen) atoms. The van der Waals surface area contributed by atoms with E-state index in [-0.39, 0.29) is 25.5 Å². The smallest absolute Gasteiger partial charge is 0.333 e. The monoisotopic (exact) mass is 578 g/mol. The number of thiophene rings is 1. The standard InChI is InChI=1S/C25H27BrN2O7S/c1-14-19-21(29)28(25(9-10-25)23(30)31)24(32)27(22(19)36-20(14)26)13-18(35-15-7-11-34-12-8-15)16-5-3-4-6-17(16)33-2/h3-6,15,18H,7-13H2,1-2H3,(H,30,31)/t18-/m1/s1. The first kappa shape index (κ1) is 25.2. The van der Waals surface area contributed by atoms with Gasteiger partial charge in [-0.25, -0.2) is 14.2 Å². The molecule has 1 aliphatic heterocycles. The van der Waals surface area contributed by atoms with Crippen molar-refractivity contribution in [1.29, 1.82) is 0 Å². The fourth-order valence-corrected chi connectivity index (χ4v) is 6.55. The third kappa shape index (κ3) is 4.21. The van der Waals surface area contributed by atoms with Crippen LogP contribution in [0.15, 0.2) is 37.6 Å². The number of methoxy groups -OCH3 is 1. The normalized spacial score (nSPS) is 18.3. The average molecular weight is 579 g/mol. The van der Waals surface area contributed by atoms with Gasteiger partial charge in [0.25, 0.3) is 5.56 Å². The molecule has 2 aliphatic rings. The second kappa shape index (κ2) is 9.77. The zero-order valence-corrected chi connectivity index (χ0v) is 22.4. The summed E-state index contributed by atoms with van der Waals surface area (Å²) in [5.74, 6) is -0.542. The van der Waals surface area contributed by atoms with Gasteiger partial charge in [-0.1, -0.05) is 18.2 Å². The van der Waals surface area contributed by atoms with Crippen LogP contribution >= 0.6 is 27.3 Å². The topological polar surface area (TPSA) is 109 Å². The molecule has 1 atom stereocenters. The molecule has 0 amide bonds. The van der Waals surface area contributed by atoms with Gasteiger partial charge in [0.05, 0.1) is 28.9 Å². The lowest BCUT2D eigenvalue weighted by molar-refractivity contribution is -0.142. The predicted molar refractivity (Wildman–Crippen MR) is 138 cm³/mol. The molecule has 1 N–H and O–H groups in total. The summed E-state index contributed by atoms with van der Waals surface area (Å²) in [7, 11) is 1.58. The maximum absolute atomic E-state index is 13.9. The van der Waals surface area contributed by atoms with Crippen LogP contribution in [0.4, 0.5) is 0 Å². The van der Waals surface area contributed by atoms with Crippen molar-refractivity contribution in [1.82, 2.24) is 9.13 Å². The number of ether oxygens (including phenoxy) is 3. The van der Waals surface area contributed by atoms with Gasteiger partial charge in [-0.3, -0.25) is 9.36 Å². The first-order valence-electron chi connectivity index (χ1n) is 11.8. The molecule has 2 fully saturated rings. The number of aliphatic carboxylic acids is 1. The molecule has 1 aromatic carbocycles. The highest BCUT2D eigenvalue weighted by molar-refractivity contribution is 9.11. The average Bonchev–Trinajstić information content (AvgIpc) is 3.62. The van der Waals surface area contributed by atoms with Crippen LogP contribution in [-0.2, 0) is 26.4 Å². The Bertz CT molecular complexity index is 1430. The number of fused-ring (bicyclic) bond motifs is 1. The summed E-state index contributed by atoms with van der Waals surface area (Å²) in [5, 5.41) is 10.3. The summed E-state index contributed by atoms with van der Waals surface area (Å²) in [4.78, 5) is 40.0. The number of hydrogen-bond acceptors (Lipinski definition) is 7. The Morgan fingerprint density at radius 1 is 1.28 bits per heavy atom. The number of carbonyl (C=O) groups is 1. The molecule has 192 valence electrons. The highest BCUT2D eigenvalue weighted by atomic mass is 79.9. The van der Waals surface area contributed by atoms with Crippen molar-refractivity contribution in [2.45, 2.75) is 56.9 Å². The molecule has 3 aromatic rings. The zero-order valence-electron chi connectivity index (χ0n) is 20.0. The number of para-hydroxylation sites is 1. The van der Waals surface area contributed by atoms with Gasteiger partial charge in [0.2, 0.25) is 0 Å². The summed E-state index contributed by atoms with van der Waals surface area (Å²) in [6, 6.07) is 7.48. The van der Waals surface area contributed by atoms with Gasteiger partial charge in [0.1, 0.15) is 22.2 Å². The van der Waals surface area contributed by atoms with Crippen molar-refractivity contribution >= 4 is 43.5 Å². The highest BCUT2D eigenvalue weighted by Gasteiger charge is 2.55. The van der Waals surface area contributed by atoms with E-state index < -0.39 is 28.9 Å². The van der Waals surface area contributed by atoms with Crippen molar-refractivity contribution in [3.05, 3.63) is 60.0 Å². The Hall–Kier alpha value is -2.47. The van der Waals surface area contributed by atoms with E-state index in [9.17, 15) is 19.5 Å². The number of aromatic nitrogens is 2. The van der Waals surface area contributed by atoms with Gasteiger partial charge in [-0.2, -0.15) is 0 Å². The van der Waals surface area contributed by atoms with E-state index in [1.807, 2.05) is 24.3 Å². The Morgan fingerprint density at radius 2 is 1.97 bits per heavy atom. The molecular formula is C25H27BrN2O7S. The minimum atomic E-state index is -1.51. The van der Waals surface area contributed by atoms with E-state index in [4.69, 9.17) is 14.2 Å². The Morgan fingerprint density at radius 3 is 2.61 bits per heavy atom. The SMILES string of the molecule is COc1ccccc1[C@@H](Cn1c(=O)n(C2(C(=O)O)CC2)c(=O)c2c(C)c(Br)sc21)OC1CCOCC1. The van der Waals surface area contributed by atoms with Crippen LogP contribution in [0, 0.1) is 6.92 Å². The lowest BCUT2D eigenvalue weighted by Crippen LogP contribution is -2.49. The molecule has 0 spiro atoms. The van der Waals surface area contributed by atoms with Crippen LogP contribution in [-0.4, -0.2) is 46.6 Å². The molecule has 9 nitrogen and oxygen atoms in total. The maximum atomic E-state index is 13.9. The minimum absolute atomic E-state index is 0.0728. The number of aryl methyl sites for hydroxylation is 1. The maximum Gasteiger partial charge on any atom is 0.333 e. The van der Waals surface area contributed by atoms with Gasteiger partial charge in [0.15, 0.2) is 0 Å². The van der Waals surface area contributed by atoms with Crippen molar-refractivity contribution in [3.63, 3.8) is 0 Å². The van der Waals surface area contributed by atoms with Gasteiger partial charge in [-0.15, -0.1) is 11.3 Å². The fourth-order valence-electron chi connectivity index (χ4n) is 4.87. The molecule has 3 heterocycles. The highest BCUT2D eigenvalue weighted by Crippen LogP contribution is 2.43. The van der Waals surface area contributed by atoms with E-state index in [1.165, 1.54) is 15.9 Å². The third-order valence-electron chi connectivity index (χ3n) is 7.06. The van der Waals surface area contributed by atoms with Crippen LogP contribution in [0.2, 0.25) is 0 Å². The van der Waals surface area contributed by atoms with E-state index in [2.05, 4.69) is 15.9 Å². The number of halogens is 1. The molecule has 0 radical (unpaired) electrons. The van der Waals surface area contributed by atoms with Crippen molar-refractivity contribution in [2.75, 3.05) is 20.3 Å². The Labute approximate surface area is 219 Å². The van der Waals surface area contributed by atoms with E-state index in [1.54, 1.807) is 14.0 Å². The van der Waals surface area contributed by atoms with Crippen molar-refractivity contribution in [3.8, 4) is 5.75 Å². The summed E-state index contributed by atoms with van der Waals surface area (Å²) >= 11 is 4.80. The molecule has 0 bridgehead atoms. The molecule has 1 aliphatic carbocycles. The van der Waals surface area contributed by atoms with Gasteiger partial charge in [0, 0.05) is 18.8 Å². The van der Waals surface area contributed by atoms with Crippen LogP contribution in [0.3, 0.4) is 0 Å². The third-order valence-corrected chi connectivity index (χ3v) is 9.25. The van der Waals surface area contributed by atoms with Crippen LogP contribution < -0.4 is 16.0 Å². The van der Waals surface area contributed by atoms with Crippen molar-refractivity contribution < 1.29 is 24.1 Å². The lowest BCUT2D eigenvalue weighted by Gasteiger charge is -2.29. The Balaban J connectivity index is 1.69. The molecule has 1 saturated carbocycles.